The summed E-state index contributed by atoms with van der Waals surface area (Å²) >= 11 is 0. The van der Waals surface area contributed by atoms with Crippen molar-refractivity contribution in [1.82, 2.24) is 15.0 Å². The normalized spacial score (nSPS) is 15.6. The minimum Gasteiger partial charge on any atom is -0.461 e. The maximum Gasteiger partial charge on any atom is 0.360 e. The molecule has 19 heavy (non-hydrogen) atoms. The Morgan fingerprint density at radius 1 is 1.42 bits per heavy atom. The summed E-state index contributed by atoms with van der Waals surface area (Å²) in [5.41, 5.74) is 1.08. The van der Waals surface area contributed by atoms with Crippen molar-refractivity contribution >= 4 is 5.97 Å². The summed E-state index contributed by atoms with van der Waals surface area (Å²) in [5, 5.41) is 8.19. The van der Waals surface area contributed by atoms with E-state index in [9.17, 15) is 4.79 Å². The maximum absolute atomic E-state index is 11.9. The number of carbonyl (C=O) groups excluding carboxylic acids is 1. The van der Waals surface area contributed by atoms with Crippen LogP contribution in [-0.2, 0) is 16.7 Å². The first kappa shape index (κ1) is 14.0. The molecule has 1 aliphatic carbocycles. The van der Waals surface area contributed by atoms with Gasteiger partial charge in [-0.3, -0.25) is 0 Å². The van der Waals surface area contributed by atoms with Crippen molar-refractivity contribution in [2.45, 2.75) is 58.9 Å². The molecule has 0 aliphatic heterocycles. The lowest BCUT2D eigenvalue weighted by Crippen LogP contribution is -2.23. The smallest absolute Gasteiger partial charge is 0.360 e. The van der Waals surface area contributed by atoms with E-state index in [2.05, 4.69) is 31.1 Å². The number of rotatable bonds is 5. The minimum atomic E-state index is -0.370. The third-order valence-corrected chi connectivity index (χ3v) is 3.36. The molecule has 1 aromatic rings. The van der Waals surface area contributed by atoms with Gasteiger partial charge >= 0.3 is 5.97 Å². The van der Waals surface area contributed by atoms with E-state index in [1.807, 2.05) is 4.68 Å². The average molecular weight is 265 g/mol. The van der Waals surface area contributed by atoms with Gasteiger partial charge in [-0.2, -0.15) is 0 Å². The second-order valence-electron chi connectivity index (χ2n) is 6.21. The summed E-state index contributed by atoms with van der Waals surface area (Å²) in [5.74, 6) is 0.466. The Bertz CT molecular complexity index is 456. The van der Waals surface area contributed by atoms with Crippen molar-refractivity contribution in [3.8, 4) is 0 Å². The Balaban J connectivity index is 2.24. The Hall–Kier alpha value is -1.39. The standard InChI is InChI=1S/C14H23N3O2/c1-5-19-13(18)11-12(14(2,3)4)17(16-15-11)9-8-10-6-7-10/h10H,5-9H2,1-4H3. The minimum absolute atomic E-state index is 0.171. The van der Waals surface area contributed by atoms with Gasteiger partial charge in [0.05, 0.1) is 12.3 Å². The van der Waals surface area contributed by atoms with Crippen molar-refractivity contribution in [2.75, 3.05) is 6.61 Å². The summed E-state index contributed by atoms with van der Waals surface area (Å²) in [7, 11) is 0. The molecule has 0 amide bonds. The Morgan fingerprint density at radius 3 is 2.63 bits per heavy atom. The van der Waals surface area contributed by atoms with Crippen LogP contribution in [0.3, 0.4) is 0 Å². The number of aromatic nitrogens is 3. The predicted octanol–water partition coefficient (Wildman–Crippen LogP) is 2.55. The van der Waals surface area contributed by atoms with E-state index in [1.165, 1.54) is 12.8 Å². The topological polar surface area (TPSA) is 57.0 Å². The zero-order chi connectivity index (χ0) is 14.0. The van der Waals surface area contributed by atoms with E-state index in [-0.39, 0.29) is 11.4 Å². The van der Waals surface area contributed by atoms with Gasteiger partial charge in [0, 0.05) is 12.0 Å². The summed E-state index contributed by atoms with van der Waals surface area (Å²) < 4.78 is 6.94. The second-order valence-corrected chi connectivity index (χ2v) is 6.21. The predicted molar refractivity (Wildman–Crippen MR) is 72.0 cm³/mol. The van der Waals surface area contributed by atoms with Crippen LogP contribution in [0.15, 0.2) is 0 Å². The van der Waals surface area contributed by atoms with Crippen LogP contribution in [0, 0.1) is 5.92 Å². The molecule has 5 nitrogen and oxygen atoms in total. The zero-order valence-electron chi connectivity index (χ0n) is 12.3. The monoisotopic (exact) mass is 265 g/mol. The van der Waals surface area contributed by atoms with E-state index in [1.54, 1.807) is 6.92 Å². The first-order valence-corrected chi connectivity index (χ1v) is 7.04. The van der Waals surface area contributed by atoms with Gasteiger partial charge in [0.25, 0.3) is 0 Å². The molecule has 2 rings (SSSR count). The van der Waals surface area contributed by atoms with E-state index in [0.29, 0.717) is 12.3 Å². The Kier molecular flexibility index (Phi) is 3.92. The molecule has 0 radical (unpaired) electrons. The van der Waals surface area contributed by atoms with Crippen LogP contribution in [0.4, 0.5) is 0 Å². The van der Waals surface area contributed by atoms with Crippen molar-refractivity contribution in [2.24, 2.45) is 5.92 Å². The van der Waals surface area contributed by atoms with Crippen LogP contribution in [0.5, 0.6) is 0 Å². The fraction of sp³-hybridized carbons (Fsp3) is 0.786. The summed E-state index contributed by atoms with van der Waals surface area (Å²) in [4.78, 5) is 11.9. The molecule has 106 valence electrons. The third-order valence-electron chi connectivity index (χ3n) is 3.36. The molecule has 0 aromatic carbocycles. The Morgan fingerprint density at radius 2 is 2.11 bits per heavy atom. The summed E-state index contributed by atoms with van der Waals surface area (Å²) in [6.45, 7) is 9.21. The van der Waals surface area contributed by atoms with Crippen molar-refractivity contribution in [1.29, 1.82) is 0 Å². The van der Waals surface area contributed by atoms with Gasteiger partial charge in [-0.05, 0) is 19.3 Å². The molecule has 1 fully saturated rings. The van der Waals surface area contributed by atoms with E-state index >= 15 is 0 Å². The van der Waals surface area contributed by atoms with Gasteiger partial charge in [0.15, 0.2) is 5.69 Å². The van der Waals surface area contributed by atoms with Crippen LogP contribution in [0.25, 0.3) is 0 Å². The number of nitrogens with zero attached hydrogens (tertiary/aromatic N) is 3. The third kappa shape index (κ3) is 3.33. The molecular weight excluding hydrogens is 242 g/mol. The number of ether oxygens (including phenoxy) is 1. The van der Waals surface area contributed by atoms with Gasteiger partial charge in [0.1, 0.15) is 0 Å². The van der Waals surface area contributed by atoms with E-state index in [0.717, 1.165) is 24.6 Å². The lowest BCUT2D eigenvalue weighted by atomic mass is 9.90. The van der Waals surface area contributed by atoms with E-state index in [4.69, 9.17) is 4.74 Å². The quantitative estimate of drug-likeness (QED) is 0.768. The Labute approximate surface area is 114 Å². The molecule has 1 saturated carbocycles. The van der Waals surface area contributed by atoms with Crippen LogP contribution in [-0.4, -0.2) is 27.6 Å². The first-order valence-electron chi connectivity index (χ1n) is 7.04. The fourth-order valence-electron chi connectivity index (χ4n) is 2.26. The average Bonchev–Trinajstić information content (AvgIpc) is 3.03. The highest BCUT2D eigenvalue weighted by atomic mass is 16.5. The van der Waals surface area contributed by atoms with Gasteiger partial charge in [-0.15, -0.1) is 5.10 Å². The molecule has 0 saturated heterocycles. The molecule has 5 heteroatoms. The van der Waals surface area contributed by atoms with Crippen molar-refractivity contribution < 1.29 is 9.53 Å². The van der Waals surface area contributed by atoms with Gasteiger partial charge in [0.2, 0.25) is 0 Å². The van der Waals surface area contributed by atoms with Gasteiger partial charge in [-0.25, -0.2) is 9.48 Å². The maximum atomic E-state index is 11.9. The van der Waals surface area contributed by atoms with Gasteiger partial charge in [-0.1, -0.05) is 38.8 Å². The molecule has 0 spiro atoms. The number of hydrogen-bond acceptors (Lipinski definition) is 4. The van der Waals surface area contributed by atoms with Gasteiger partial charge < -0.3 is 4.74 Å². The number of hydrogen-bond donors (Lipinski definition) is 0. The number of carbonyl (C=O) groups is 1. The molecule has 0 N–H and O–H groups in total. The molecule has 1 aliphatic rings. The molecule has 0 unspecified atom stereocenters. The lowest BCUT2D eigenvalue weighted by Gasteiger charge is -2.20. The van der Waals surface area contributed by atoms with Crippen molar-refractivity contribution in [3.05, 3.63) is 11.4 Å². The van der Waals surface area contributed by atoms with Crippen LogP contribution in [0.2, 0.25) is 0 Å². The SMILES string of the molecule is CCOC(=O)c1nnn(CCC2CC2)c1C(C)(C)C. The van der Waals surface area contributed by atoms with Crippen LogP contribution < -0.4 is 0 Å². The number of aryl methyl sites for hydroxylation is 1. The molecule has 1 aromatic heterocycles. The molecule has 0 bridgehead atoms. The highest BCUT2D eigenvalue weighted by Crippen LogP contribution is 2.33. The lowest BCUT2D eigenvalue weighted by molar-refractivity contribution is 0.0516. The van der Waals surface area contributed by atoms with Crippen LogP contribution in [0.1, 0.15) is 63.1 Å². The fourth-order valence-corrected chi connectivity index (χ4v) is 2.26. The molecule has 1 heterocycles. The highest BCUT2D eigenvalue weighted by Gasteiger charge is 2.30. The van der Waals surface area contributed by atoms with Crippen LogP contribution >= 0.6 is 0 Å². The zero-order valence-corrected chi connectivity index (χ0v) is 12.3. The largest absolute Gasteiger partial charge is 0.461 e. The summed E-state index contributed by atoms with van der Waals surface area (Å²) in [6, 6.07) is 0. The van der Waals surface area contributed by atoms with E-state index < -0.39 is 0 Å². The van der Waals surface area contributed by atoms with Crippen molar-refractivity contribution in [3.63, 3.8) is 0 Å². The molecule has 0 atom stereocenters. The highest BCUT2D eigenvalue weighted by molar-refractivity contribution is 5.88. The second kappa shape index (κ2) is 5.31. The summed E-state index contributed by atoms with van der Waals surface area (Å²) in [6.07, 6.45) is 3.77. The molecular formula is C14H23N3O2. The number of esters is 1. The first-order chi connectivity index (χ1) is 8.93.